The number of fused-ring (bicyclic) bond motifs is 2. The third-order valence-corrected chi connectivity index (χ3v) is 2.85. The molecule has 1 amide bonds. The van der Waals surface area contributed by atoms with Crippen molar-refractivity contribution in [1.82, 2.24) is 10.2 Å². The van der Waals surface area contributed by atoms with Gasteiger partial charge in [-0.1, -0.05) is 12.2 Å². The lowest BCUT2D eigenvalue weighted by atomic mass is 9.99. The van der Waals surface area contributed by atoms with Crippen molar-refractivity contribution in [3.8, 4) is 0 Å². The van der Waals surface area contributed by atoms with E-state index < -0.39 is 5.60 Å². The van der Waals surface area contributed by atoms with Crippen LogP contribution >= 0.6 is 0 Å². The molecule has 2 atom stereocenters. The second-order valence-corrected chi connectivity index (χ2v) is 5.43. The Morgan fingerprint density at radius 3 is 2.81 bits per heavy atom. The van der Waals surface area contributed by atoms with E-state index in [9.17, 15) is 4.79 Å². The first-order valence-electron chi connectivity index (χ1n) is 5.86. The molecule has 2 aliphatic rings. The van der Waals surface area contributed by atoms with Gasteiger partial charge in [-0.2, -0.15) is 0 Å². The van der Waals surface area contributed by atoms with Crippen LogP contribution in [0.15, 0.2) is 12.2 Å². The second-order valence-electron chi connectivity index (χ2n) is 5.43. The van der Waals surface area contributed by atoms with E-state index in [4.69, 9.17) is 4.74 Å². The Labute approximate surface area is 96.6 Å². The summed E-state index contributed by atoms with van der Waals surface area (Å²) < 4.78 is 5.44. The molecule has 0 spiro atoms. The molecular formula is C12H20N2O2. The first-order chi connectivity index (χ1) is 7.47. The van der Waals surface area contributed by atoms with E-state index in [1.807, 2.05) is 25.7 Å². The minimum atomic E-state index is -0.417. The van der Waals surface area contributed by atoms with Crippen LogP contribution in [0.25, 0.3) is 0 Å². The summed E-state index contributed by atoms with van der Waals surface area (Å²) in [7, 11) is 0. The number of carbonyl (C=O) groups is 1. The van der Waals surface area contributed by atoms with E-state index in [2.05, 4.69) is 17.5 Å². The van der Waals surface area contributed by atoms with Crippen molar-refractivity contribution < 1.29 is 9.53 Å². The number of hydrogen-bond acceptors (Lipinski definition) is 3. The zero-order valence-corrected chi connectivity index (χ0v) is 10.2. The number of piperazine rings is 1. The van der Waals surface area contributed by atoms with Gasteiger partial charge >= 0.3 is 6.09 Å². The maximum absolute atomic E-state index is 12.1. The van der Waals surface area contributed by atoms with Crippen molar-refractivity contribution in [2.45, 2.75) is 44.9 Å². The Morgan fingerprint density at radius 1 is 1.44 bits per heavy atom. The predicted octanol–water partition coefficient (Wildman–Crippen LogP) is 1.52. The van der Waals surface area contributed by atoms with Gasteiger partial charge in [0, 0.05) is 13.1 Å². The molecule has 0 saturated carbocycles. The highest BCUT2D eigenvalue weighted by Crippen LogP contribution is 2.22. The van der Waals surface area contributed by atoms with Gasteiger partial charge in [-0.15, -0.1) is 0 Å². The van der Waals surface area contributed by atoms with Gasteiger partial charge in [0.05, 0.1) is 12.1 Å². The van der Waals surface area contributed by atoms with E-state index in [-0.39, 0.29) is 18.2 Å². The molecule has 0 aromatic carbocycles. The Morgan fingerprint density at radius 2 is 2.19 bits per heavy atom. The SMILES string of the molecule is CC(C)(C)OC(=O)N1C2C=CCC1CNC2. The summed E-state index contributed by atoms with van der Waals surface area (Å²) >= 11 is 0. The van der Waals surface area contributed by atoms with Crippen LogP contribution in [-0.4, -0.2) is 41.8 Å². The van der Waals surface area contributed by atoms with Gasteiger partial charge in [-0.3, -0.25) is 4.90 Å². The fourth-order valence-corrected chi connectivity index (χ4v) is 2.21. The summed E-state index contributed by atoms with van der Waals surface area (Å²) in [5, 5.41) is 3.33. The third-order valence-electron chi connectivity index (χ3n) is 2.85. The molecule has 0 aliphatic carbocycles. The Hall–Kier alpha value is -1.03. The molecule has 90 valence electrons. The van der Waals surface area contributed by atoms with Crippen LogP contribution in [0.4, 0.5) is 4.79 Å². The molecule has 1 saturated heterocycles. The van der Waals surface area contributed by atoms with Crippen molar-refractivity contribution in [3.05, 3.63) is 12.2 Å². The topological polar surface area (TPSA) is 41.6 Å². The van der Waals surface area contributed by atoms with Gasteiger partial charge in [0.2, 0.25) is 0 Å². The summed E-state index contributed by atoms with van der Waals surface area (Å²) in [4.78, 5) is 13.9. The molecule has 2 heterocycles. The summed E-state index contributed by atoms with van der Waals surface area (Å²) in [5.41, 5.74) is -0.417. The first-order valence-corrected chi connectivity index (χ1v) is 5.86. The molecule has 2 bridgehead atoms. The highest BCUT2D eigenvalue weighted by atomic mass is 16.6. The minimum Gasteiger partial charge on any atom is -0.444 e. The van der Waals surface area contributed by atoms with E-state index in [0.29, 0.717) is 0 Å². The molecule has 1 N–H and O–H groups in total. The number of hydrogen-bond donors (Lipinski definition) is 1. The number of nitrogens with one attached hydrogen (secondary N) is 1. The van der Waals surface area contributed by atoms with Crippen LogP contribution in [0.2, 0.25) is 0 Å². The molecule has 2 rings (SSSR count). The quantitative estimate of drug-likeness (QED) is 0.634. The molecule has 0 aromatic heterocycles. The van der Waals surface area contributed by atoms with E-state index >= 15 is 0 Å². The number of carbonyl (C=O) groups excluding carboxylic acids is 1. The Bertz CT molecular complexity index is 307. The van der Waals surface area contributed by atoms with Crippen LogP contribution in [0.3, 0.4) is 0 Å². The normalized spacial score (nSPS) is 29.1. The largest absolute Gasteiger partial charge is 0.444 e. The fourth-order valence-electron chi connectivity index (χ4n) is 2.21. The zero-order chi connectivity index (χ0) is 11.8. The maximum atomic E-state index is 12.1. The standard InChI is InChI=1S/C12H20N2O2/c1-12(2,3)16-11(15)14-9-5-4-6-10(14)8-13-7-9/h4-5,9-10,13H,6-8H2,1-3H3. The zero-order valence-electron chi connectivity index (χ0n) is 10.2. The van der Waals surface area contributed by atoms with Crippen molar-refractivity contribution in [2.24, 2.45) is 0 Å². The van der Waals surface area contributed by atoms with Crippen molar-refractivity contribution in [3.63, 3.8) is 0 Å². The van der Waals surface area contributed by atoms with Crippen molar-refractivity contribution >= 4 is 6.09 Å². The third kappa shape index (κ3) is 2.38. The van der Waals surface area contributed by atoms with Gasteiger partial charge in [-0.05, 0) is 27.2 Å². The average molecular weight is 224 g/mol. The van der Waals surface area contributed by atoms with Crippen LogP contribution in [-0.2, 0) is 4.74 Å². The highest BCUT2D eigenvalue weighted by molar-refractivity contribution is 5.70. The Balaban J connectivity index is 2.08. The molecule has 4 heteroatoms. The number of ether oxygens (including phenoxy) is 1. The first kappa shape index (κ1) is 11.5. The van der Waals surface area contributed by atoms with Crippen LogP contribution in [0.1, 0.15) is 27.2 Å². The van der Waals surface area contributed by atoms with Crippen LogP contribution in [0, 0.1) is 0 Å². The van der Waals surface area contributed by atoms with Gasteiger partial charge in [0.25, 0.3) is 0 Å². The summed E-state index contributed by atoms with van der Waals surface area (Å²) in [5.74, 6) is 0. The van der Waals surface area contributed by atoms with Gasteiger partial charge in [-0.25, -0.2) is 4.79 Å². The summed E-state index contributed by atoms with van der Waals surface area (Å²) in [6, 6.07) is 0.404. The lowest BCUT2D eigenvalue weighted by Gasteiger charge is -2.43. The van der Waals surface area contributed by atoms with Crippen molar-refractivity contribution in [1.29, 1.82) is 0 Å². The lowest BCUT2D eigenvalue weighted by Crippen LogP contribution is -2.60. The highest BCUT2D eigenvalue weighted by Gasteiger charge is 2.36. The van der Waals surface area contributed by atoms with E-state index in [1.165, 1.54) is 0 Å². The average Bonchev–Trinajstić information content (AvgIpc) is 2.13. The van der Waals surface area contributed by atoms with Crippen LogP contribution in [0.5, 0.6) is 0 Å². The molecule has 2 unspecified atom stereocenters. The number of amides is 1. The smallest absolute Gasteiger partial charge is 0.411 e. The van der Waals surface area contributed by atoms with Gasteiger partial charge < -0.3 is 10.1 Å². The molecule has 16 heavy (non-hydrogen) atoms. The van der Waals surface area contributed by atoms with E-state index in [1.54, 1.807) is 0 Å². The number of nitrogens with zero attached hydrogens (tertiary/aromatic N) is 1. The van der Waals surface area contributed by atoms with Crippen molar-refractivity contribution in [2.75, 3.05) is 13.1 Å². The monoisotopic (exact) mass is 224 g/mol. The molecule has 0 radical (unpaired) electrons. The second kappa shape index (κ2) is 4.09. The van der Waals surface area contributed by atoms with Gasteiger partial charge in [0.15, 0.2) is 0 Å². The molecule has 4 nitrogen and oxygen atoms in total. The fraction of sp³-hybridized carbons (Fsp3) is 0.750. The summed E-state index contributed by atoms with van der Waals surface area (Å²) in [6.45, 7) is 7.39. The molecule has 1 fully saturated rings. The van der Waals surface area contributed by atoms with Crippen LogP contribution < -0.4 is 5.32 Å². The molecule has 0 aromatic rings. The van der Waals surface area contributed by atoms with E-state index in [0.717, 1.165) is 19.5 Å². The van der Waals surface area contributed by atoms with Gasteiger partial charge in [0.1, 0.15) is 5.60 Å². The molecule has 2 aliphatic heterocycles. The Kier molecular flexibility index (Phi) is 2.93. The maximum Gasteiger partial charge on any atom is 0.411 e. The molecular weight excluding hydrogens is 204 g/mol. The predicted molar refractivity (Wildman–Crippen MR) is 62.3 cm³/mol. The summed E-state index contributed by atoms with van der Waals surface area (Å²) in [6.07, 6.45) is 4.99. The minimum absolute atomic E-state index is 0.155. The number of rotatable bonds is 0. The lowest BCUT2D eigenvalue weighted by molar-refractivity contribution is 0.00251.